The summed E-state index contributed by atoms with van der Waals surface area (Å²) in [6.07, 6.45) is 0. The van der Waals surface area contributed by atoms with Gasteiger partial charge in [-0.2, -0.15) is 0 Å². The lowest BCUT2D eigenvalue weighted by molar-refractivity contribution is -0.385. The van der Waals surface area contributed by atoms with Gasteiger partial charge in [-0.1, -0.05) is 23.9 Å². The first-order chi connectivity index (χ1) is 13.0. The van der Waals surface area contributed by atoms with Crippen LogP contribution in [0.3, 0.4) is 0 Å². The van der Waals surface area contributed by atoms with Gasteiger partial charge in [-0.3, -0.25) is 10.1 Å². The molecule has 1 heterocycles. The molecule has 3 rings (SSSR count). The van der Waals surface area contributed by atoms with Crippen molar-refractivity contribution >= 4 is 17.4 Å². The summed E-state index contributed by atoms with van der Waals surface area (Å²) < 4.78 is 16.2. The minimum atomic E-state index is -0.384. The molecule has 2 aromatic carbocycles. The quantitative estimate of drug-likeness (QED) is 0.337. The van der Waals surface area contributed by atoms with Crippen molar-refractivity contribution in [3.05, 3.63) is 57.6 Å². The second kappa shape index (κ2) is 8.09. The molecule has 3 aromatic rings. The lowest BCUT2D eigenvalue weighted by Gasteiger charge is -2.06. The number of nitro benzene ring substituents is 1. The Bertz CT molecular complexity index is 951. The summed E-state index contributed by atoms with van der Waals surface area (Å²) in [4.78, 5) is 10.7. The van der Waals surface area contributed by atoms with Crippen molar-refractivity contribution in [2.24, 2.45) is 0 Å². The van der Waals surface area contributed by atoms with Crippen LogP contribution in [0, 0.1) is 17.0 Å². The summed E-state index contributed by atoms with van der Waals surface area (Å²) in [5.74, 6) is 2.05. The van der Waals surface area contributed by atoms with Crippen LogP contribution in [-0.2, 0) is 5.75 Å². The Morgan fingerprint density at radius 3 is 2.48 bits per heavy atom. The smallest absolute Gasteiger partial charge is 0.277 e. The van der Waals surface area contributed by atoms with E-state index in [1.165, 1.54) is 17.8 Å². The Morgan fingerprint density at radius 1 is 1.15 bits per heavy atom. The molecule has 0 saturated heterocycles. The minimum absolute atomic E-state index is 0.0998. The third kappa shape index (κ3) is 4.20. The first-order valence-corrected chi connectivity index (χ1v) is 8.93. The summed E-state index contributed by atoms with van der Waals surface area (Å²) in [5.41, 5.74) is 2.25. The fraction of sp³-hybridized carbons (Fsp3) is 0.222. The van der Waals surface area contributed by atoms with Crippen molar-refractivity contribution < 1.29 is 18.8 Å². The molecule has 0 N–H and O–H groups in total. The molecule has 0 aliphatic heterocycles. The molecule has 27 heavy (non-hydrogen) atoms. The highest BCUT2D eigenvalue weighted by Gasteiger charge is 2.15. The Kier molecular flexibility index (Phi) is 5.60. The summed E-state index contributed by atoms with van der Waals surface area (Å²) >= 11 is 1.32. The van der Waals surface area contributed by atoms with E-state index in [0.717, 1.165) is 5.56 Å². The van der Waals surface area contributed by atoms with Crippen LogP contribution >= 0.6 is 11.8 Å². The SMILES string of the molecule is COc1cc(OC)cc(-c2nnc(SCc3cccc([N+](=O)[O-])c3C)o2)c1. The van der Waals surface area contributed by atoms with E-state index in [1.807, 2.05) is 6.07 Å². The van der Waals surface area contributed by atoms with Gasteiger partial charge in [0.1, 0.15) is 11.5 Å². The van der Waals surface area contributed by atoms with E-state index in [9.17, 15) is 10.1 Å². The van der Waals surface area contributed by atoms with Crippen LogP contribution in [0.4, 0.5) is 5.69 Å². The van der Waals surface area contributed by atoms with E-state index >= 15 is 0 Å². The summed E-state index contributed by atoms with van der Waals surface area (Å²) in [6, 6.07) is 10.3. The fourth-order valence-electron chi connectivity index (χ4n) is 2.48. The molecular weight excluding hydrogens is 370 g/mol. The molecule has 0 unspecified atom stereocenters. The molecule has 0 amide bonds. The van der Waals surface area contributed by atoms with Gasteiger partial charge in [0.15, 0.2) is 0 Å². The Labute approximate surface area is 159 Å². The van der Waals surface area contributed by atoms with Gasteiger partial charge >= 0.3 is 0 Å². The number of hydrogen-bond donors (Lipinski definition) is 0. The van der Waals surface area contributed by atoms with Crippen molar-refractivity contribution in [2.45, 2.75) is 17.9 Å². The van der Waals surface area contributed by atoms with Gasteiger partial charge in [0.2, 0.25) is 5.89 Å². The number of benzene rings is 2. The third-order valence-electron chi connectivity index (χ3n) is 3.97. The molecule has 1 aromatic heterocycles. The maximum atomic E-state index is 11.1. The molecular formula is C18H17N3O5S. The van der Waals surface area contributed by atoms with E-state index in [2.05, 4.69) is 10.2 Å². The lowest BCUT2D eigenvalue weighted by Crippen LogP contribution is -1.95. The minimum Gasteiger partial charge on any atom is -0.497 e. The molecule has 0 spiro atoms. The Balaban J connectivity index is 1.78. The normalized spacial score (nSPS) is 10.6. The van der Waals surface area contributed by atoms with Crippen LogP contribution in [0.15, 0.2) is 46.0 Å². The van der Waals surface area contributed by atoms with Crippen molar-refractivity contribution in [1.82, 2.24) is 10.2 Å². The third-order valence-corrected chi connectivity index (χ3v) is 4.84. The zero-order valence-corrected chi connectivity index (χ0v) is 15.8. The second-order valence-corrected chi connectivity index (χ2v) is 6.51. The highest BCUT2D eigenvalue weighted by Crippen LogP contribution is 2.32. The van der Waals surface area contributed by atoms with Crippen molar-refractivity contribution in [1.29, 1.82) is 0 Å². The Hall–Kier alpha value is -3.07. The molecule has 0 radical (unpaired) electrons. The number of ether oxygens (including phenoxy) is 2. The number of aromatic nitrogens is 2. The topological polar surface area (TPSA) is 101 Å². The fourth-order valence-corrected chi connectivity index (χ4v) is 3.31. The maximum Gasteiger partial charge on any atom is 0.277 e. The first-order valence-electron chi connectivity index (χ1n) is 7.94. The number of nitro groups is 1. The molecule has 0 aliphatic rings. The summed E-state index contributed by atoms with van der Waals surface area (Å²) in [7, 11) is 3.13. The zero-order valence-electron chi connectivity index (χ0n) is 15.0. The Morgan fingerprint density at radius 2 is 1.85 bits per heavy atom. The molecule has 8 nitrogen and oxygen atoms in total. The number of methoxy groups -OCH3 is 2. The number of nitrogens with zero attached hydrogens (tertiary/aromatic N) is 3. The van der Waals surface area contributed by atoms with Gasteiger partial charge in [0.05, 0.1) is 19.1 Å². The van der Waals surface area contributed by atoms with Crippen LogP contribution in [-0.4, -0.2) is 29.3 Å². The lowest BCUT2D eigenvalue weighted by atomic mass is 10.1. The highest BCUT2D eigenvalue weighted by atomic mass is 32.2. The van der Waals surface area contributed by atoms with E-state index in [0.29, 0.717) is 39.5 Å². The average molecular weight is 387 g/mol. The highest BCUT2D eigenvalue weighted by molar-refractivity contribution is 7.98. The van der Waals surface area contributed by atoms with Crippen LogP contribution in [0.5, 0.6) is 11.5 Å². The molecule has 0 atom stereocenters. The van der Waals surface area contributed by atoms with Crippen LogP contribution in [0.25, 0.3) is 11.5 Å². The van der Waals surface area contributed by atoms with Gasteiger partial charge in [0, 0.05) is 29.0 Å². The van der Waals surface area contributed by atoms with E-state index in [4.69, 9.17) is 13.9 Å². The van der Waals surface area contributed by atoms with Crippen molar-refractivity contribution in [3.63, 3.8) is 0 Å². The second-order valence-electron chi connectivity index (χ2n) is 5.58. The van der Waals surface area contributed by atoms with E-state index < -0.39 is 0 Å². The first kappa shape index (κ1) is 18.7. The van der Waals surface area contributed by atoms with Gasteiger partial charge in [-0.15, -0.1) is 10.2 Å². The molecule has 140 valence electrons. The van der Waals surface area contributed by atoms with Gasteiger partial charge in [-0.05, 0) is 24.6 Å². The van der Waals surface area contributed by atoms with Crippen molar-refractivity contribution in [3.8, 4) is 23.0 Å². The molecule has 0 saturated carbocycles. The zero-order chi connectivity index (χ0) is 19.4. The van der Waals surface area contributed by atoms with Crippen LogP contribution < -0.4 is 9.47 Å². The largest absolute Gasteiger partial charge is 0.497 e. The van der Waals surface area contributed by atoms with Crippen LogP contribution in [0.1, 0.15) is 11.1 Å². The predicted molar refractivity (Wildman–Crippen MR) is 100 cm³/mol. The van der Waals surface area contributed by atoms with E-state index in [-0.39, 0.29) is 10.6 Å². The van der Waals surface area contributed by atoms with Gasteiger partial charge < -0.3 is 13.9 Å². The number of hydrogen-bond acceptors (Lipinski definition) is 8. The molecule has 0 bridgehead atoms. The maximum absolute atomic E-state index is 11.1. The van der Waals surface area contributed by atoms with Gasteiger partial charge in [0.25, 0.3) is 10.9 Å². The summed E-state index contributed by atoms with van der Waals surface area (Å²) in [5, 5.41) is 19.5. The standard InChI is InChI=1S/C18H17N3O5S/c1-11-12(5-4-6-16(11)21(22)23)10-27-18-20-19-17(26-18)13-7-14(24-2)9-15(8-13)25-3/h4-9H,10H2,1-3H3. The predicted octanol–water partition coefficient (Wildman–Crippen LogP) is 4.26. The van der Waals surface area contributed by atoms with Crippen LogP contribution in [0.2, 0.25) is 0 Å². The molecule has 0 aliphatic carbocycles. The average Bonchev–Trinajstić information content (AvgIpc) is 3.15. The molecule has 9 heteroatoms. The monoisotopic (exact) mass is 387 g/mol. The summed E-state index contributed by atoms with van der Waals surface area (Å²) in [6.45, 7) is 1.73. The molecule has 0 fully saturated rings. The van der Waals surface area contributed by atoms with Gasteiger partial charge in [-0.25, -0.2) is 0 Å². The number of rotatable bonds is 7. The van der Waals surface area contributed by atoms with Crippen molar-refractivity contribution in [2.75, 3.05) is 14.2 Å². The number of thioether (sulfide) groups is 1. The van der Waals surface area contributed by atoms with E-state index in [1.54, 1.807) is 45.4 Å².